The molecule has 19 heavy (non-hydrogen) atoms. The first kappa shape index (κ1) is 13.6. The molecule has 3 unspecified atom stereocenters. The molecule has 2 saturated carbocycles. The first-order chi connectivity index (χ1) is 8.83. The van der Waals surface area contributed by atoms with Crippen LogP contribution in [0, 0.1) is 16.7 Å². The van der Waals surface area contributed by atoms with Gasteiger partial charge in [-0.3, -0.25) is 4.79 Å². The van der Waals surface area contributed by atoms with Crippen molar-refractivity contribution in [2.24, 2.45) is 16.7 Å². The molecule has 2 bridgehead atoms. The Morgan fingerprint density at radius 3 is 2.74 bits per heavy atom. The molecule has 1 heterocycles. The molecule has 2 fully saturated rings. The molecular weight excluding hydrogens is 322 g/mol. The van der Waals surface area contributed by atoms with Crippen molar-refractivity contribution in [2.75, 3.05) is 0 Å². The molecule has 1 aromatic rings. The first-order valence-electron chi connectivity index (χ1n) is 6.88. The van der Waals surface area contributed by atoms with Gasteiger partial charge in [0.25, 0.3) is 5.91 Å². The van der Waals surface area contributed by atoms with Crippen LogP contribution in [-0.4, -0.2) is 11.9 Å². The van der Waals surface area contributed by atoms with Gasteiger partial charge in [-0.05, 0) is 58.0 Å². The lowest BCUT2D eigenvalue weighted by Crippen LogP contribution is -2.52. The predicted octanol–water partition coefficient (Wildman–Crippen LogP) is 4.46. The standard InChI is InChI=1S/C15H20BrNOS/c1-14(2)10-4-5-15(3,7-10)13(14)17-12(18)9-6-11(16)19-8-9/h6,8,10,13H,4-5,7H2,1-3H3,(H,17,18). The van der Waals surface area contributed by atoms with Crippen molar-refractivity contribution in [3.05, 3.63) is 20.8 Å². The van der Waals surface area contributed by atoms with E-state index in [-0.39, 0.29) is 16.7 Å². The van der Waals surface area contributed by atoms with Gasteiger partial charge < -0.3 is 5.32 Å². The number of amides is 1. The summed E-state index contributed by atoms with van der Waals surface area (Å²) in [5.74, 6) is 0.839. The van der Waals surface area contributed by atoms with Crippen molar-refractivity contribution >= 4 is 33.2 Å². The van der Waals surface area contributed by atoms with Crippen LogP contribution in [0.4, 0.5) is 0 Å². The highest BCUT2D eigenvalue weighted by Crippen LogP contribution is 2.62. The van der Waals surface area contributed by atoms with Crippen LogP contribution >= 0.6 is 27.3 Å². The fraction of sp³-hybridized carbons (Fsp3) is 0.667. The molecule has 2 aliphatic carbocycles. The minimum Gasteiger partial charge on any atom is -0.348 e. The molecule has 4 heteroatoms. The minimum absolute atomic E-state index is 0.0776. The molecule has 2 nitrogen and oxygen atoms in total. The van der Waals surface area contributed by atoms with E-state index < -0.39 is 0 Å². The fourth-order valence-electron chi connectivity index (χ4n) is 4.31. The van der Waals surface area contributed by atoms with Gasteiger partial charge in [0.2, 0.25) is 0 Å². The van der Waals surface area contributed by atoms with Crippen molar-refractivity contribution in [2.45, 2.75) is 46.1 Å². The Morgan fingerprint density at radius 2 is 2.21 bits per heavy atom. The molecular formula is C15H20BrNOS. The molecule has 0 spiro atoms. The molecule has 0 aromatic carbocycles. The lowest BCUT2D eigenvalue weighted by Gasteiger charge is -2.43. The van der Waals surface area contributed by atoms with Crippen LogP contribution in [0.2, 0.25) is 0 Å². The average Bonchev–Trinajstić information content (AvgIpc) is 2.96. The predicted molar refractivity (Wildman–Crippen MR) is 82.5 cm³/mol. The maximum Gasteiger partial charge on any atom is 0.252 e. The molecule has 2 aliphatic rings. The molecule has 0 saturated heterocycles. The van der Waals surface area contributed by atoms with Gasteiger partial charge in [-0.1, -0.05) is 20.8 Å². The Hall–Kier alpha value is -0.350. The summed E-state index contributed by atoms with van der Waals surface area (Å²) in [6.45, 7) is 6.98. The van der Waals surface area contributed by atoms with E-state index in [4.69, 9.17) is 0 Å². The highest BCUT2D eigenvalue weighted by Gasteiger charge is 2.59. The number of rotatable bonds is 2. The zero-order valence-electron chi connectivity index (χ0n) is 11.6. The Bertz CT molecular complexity index is 519. The Labute approximate surface area is 127 Å². The van der Waals surface area contributed by atoms with Crippen molar-refractivity contribution < 1.29 is 4.79 Å². The SMILES string of the molecule is CC12CCC(C1)C(C)(C)C2NC(=O)c1csc(Br)c1. The molecule has 1 amide bonds. The summed E-state index contributed by atoms with van der Waals surface area (Å²) in [5.41, 5.74) is 1.28. The third-order valence-electron chi connectivity index (χ3n) is 5.37. The van der Waals surface area contributed by atoms with E-state index in [1.165, 1.54) is 19.3 Å². The van der Waals surface area contributed by atoms with E-state index in [1.54, 1.807) is 11.3 Å². The average molecular weight is 342 g/mol. The quantitative estimate of drug-likeness (QED) is 0.845. The zero-order chi connectivity index (χ0) is 13.8. The van der Waals surface area contributed by atoms with Gasteiger partial charge in [-0.25, -0.2) is 0 Å². The van der Waals surface area contributed by atoms with Crippen LogP contribution in [0.1, 0.15) is 50.4 Å². The molecule has 1 aromatic heterocycles. The molecule has 1 N–H and O–H groups in total. The van der Waals surface area contributed by atoms with E-state index in [1.807, 2.05) is 11.4 Å². The molecule has 0 radical (unpaired) electrons. The Kier molecular flexibility index (Phi) is 3.10. The van der Waals surface area contributed by atoms with Gasteiger partial charge in [0.05, 0.1) is 9.35 Å². The minimum atomic E-state index is 0.0776. The van der Waals surface area contributed by atoms with Gasteiger partial charge in [0.1, 0.15) is 0 Å². The van der Waals surface area contributed by atoms with E-state index >= 15 is 0 Å². The first-order valence-corrected chi connectivity index (χ1v) is 8.55. The highest BCUT2D eigenvalue weighted by molar-refractivity contribution is 9.11. The number of nitrogens with one attached hydrogen (secondary N) is 1. The number of hydrogen-bond acceptors (Lipinski definition) is 2. The van der Waals surface area contributed by atoms with E-state index in [9.17, 15) is 4.79 Å². The number of hydrogen-bond donors (Lipinski definition) is 1. The Balaban J connectivity index is 1.81. The second kappa shape index (κ2) is 4.32. The summed E-state index contributed by atoms with van der Waals surface area (Å²) in [4.78, 5) is 12.4. The van der Waals surface area contributed by atoms with E-state index in [2.05, 4.69) is 42.0 Å². The van der Waals surface area contributed by atoms with Crippen LogP contribution in [0.5, 0.6) is 0 Å². The number of carbonyl (C=O) groups excluding carboxylic acids is 1. The van der Waals surface area contributed by atoms with Crippen LogP contribution in [0.25, 0.3) is 0 Å². The second-order valence-corrected chi connectivity index (χ2v) is 9.25. The zero-order valence-corrected chi connectivity index (χ0v) is 14.0. The highest BCUT2D eigenvalue weighted by atomic mass is 79.9. The van der Waals surface area contributed by atoms with Crippen molar-refractivity contribution in [3.63, 3.8) is 0 Å². The third kappa shape index (κ3) is 2.07. The molecule has 3 rings (SSSR count). The fourth-order valence-corrected chi connectivity index (χ4v) is 5.44. The van der Waals surface area contributed by atoms with E-state index in [0.29, 0.717) is 6.04 Å². The maximum atomic E-state index is 12.4. The topological polar surface area (TPSA) is 29.1 Å². The summed E-state index contributed by atoms with van der Waals surface area (Å²) < 4.78 is 1.01. The summed E-state index contributed by atoms with van der Waals surface area (Å²) in [6, 6.07) is 2.20. The van der Waals surface area contributed by atoms with Gasteiger partial charge in [0, 0.05) is 11.4 Å². The van der Waals surface area contributed by atoms with Crippen LogP contribution in [0.15, 0.2) is 15.2 Å². The van der Waals surface area contributed by atoms with Gasteiger partial charge in [0.15, 0.2) is 0 Å². The lowest BCUT2D eigenvalue weighted by atomic mass is 9.68. The smallest absolute Gasteiger partial charge is 0.252 e. The molecule has 3 atom stereocenters. The van der Waals surface area contributed by atoms with Crippen molar-refractivity contribution in [3.8, 4) is 0 Å². The molecule has 0 aliphatic heterocycles. The van der Waals surface area contributed by atoms with Crippen LogP contribution < -0.4 is 5.32 Å². The summed E-state index contributed by atoms with van der Waals surface area (Å²) in [6.07, 6.45) is 3.83. The number of carbonyl (C=O) groups is 1. The number of fused-ring (bicyclic) bond motifs is 2. The van der Waals surface area contributed by atoms with Crippen LogP contribution in [0.3, 0.4) is 0 Å². The largest absolute Gasteiger partial charge is 0.348 e. The summed E-state index contributed by atoms with van der Waals surface area (Å²) in [5, 5.41) is 5.24. The normalized spacial score (nSPS) is 35.6. The van der Waals surface area contributed by atoms with Gasteiger partial charge in [-0.2, -0.15) is 0 Å². The second-order valence-electron chi connectivity index (χ2n) is 6.96. The number of thiophene rings is 1. The van der Waals surface area contributed by atoms with Crippen molar-refractivity contribution in [1.29, 1.82) is 0 Å². The Morgan fingerprint density at radius 1 is 1.47 bits per heavy atom. The van der Waals surface area contributed by atoms with Gasteiger partial charge >= 0.3 is 0 Å². The third-order valence-corrected chi connectivity index (χ3v) is 6.88. The summed E-state index contributed by atoms with van der Waals surface area (Å²) in [7, 11) is 0. The number of halogens is 1. The van der Waals surface area contributed by atoms with E-state index in [0.717, 1.165) is 15.3 Å². The molecule has 104 valence electrons. The lowest BCUT2D eigenvalue weighted by molar-refractivity contribution is 0.0738. The maximum absolute atomic E-state index is 12.4. The monoisotopic (exact) mass is 341 g/mol. The van der Waals surface area contributed by atoms with Crippen LogP contribution in [-0.2, 0) is 0 Å². The summed E-state index contributed by atoms with van der Waals surface area (Å²) >= 11 is 4.98. The van der Waals surface area contributed by atoms with Crippen molar-refractivity contribution in [1.82, 2.24) is 5.32 Å². The van der Waals surface area contributed by atoms with Gasteiger partial charge in [-0.15, -0.1) is 11.3 Å².